The Morgan fingerprint density at radius 1 is 1.42 bits per heavy atom. The standard InChI is InChI=1S/C14H29N3O2/c1-6-11(2)13-14(18)17(12(3)15-13)8-10-19-9-7-16(4)5/h11-13,15H,6-10H2,1-5H3. The Morgan fingerprint density at radius 2 is 2.11 bits per heavy atom. The Kier molecular flexibility index (Phi) is 6.75. The zero-order chi connectivity index (χ0) is 14.4. The fraction of sp³-hybridized carbons (Fsp3) is 0.929. The number of carbonyl (C=O) groups is 1. The molecule has 0 bridgehead atoms. The monoisotopic (exact) mass is 271 g/mol. The van der Waals surface area contributed by atoms with Crippen LogP contribution in [0.3, 0.4) is 0 Å². The number of hydrogen-bond donors (Lipinski definition) is 1. The average molecular weight is 271 g/mol. The zero-order valence-electron chi connectivity index (χ0n) is 13.0. The molecule has 1 aliphatic heterocycles. The van der Waals surface area contributed by atoms with E-state index in [2.05, 4.69) is 24.1 Å². The van der Waals surface area contributed by atoms with E-state index in [1.807, 2.05) is 25.9 Å². The van der Waals surface area contributed by atoms with Crippen molar-refractivity contribution in [3.05, 3.63) is 0 Å². The van der Waals surface area contributed by atoms with Crippen LogP contribution in [0.5, 0.6) is 0 Å². The van der Waals surface area contributed by atoms with Gasteiger partial charge in [0.25, 0.3) is 0 Å². The highest BCUT2D eigenvalue weighted by molar-refractivity contribution is 5.84. The highest BCUT2D eigenvalue weighted by Crippen LogP contribution is 2.18. The van der Waals surface area contributed by atoms with Crippen LogP contribution >= 0.6 is 0 Å². The summed E-state index contributed by atoms with van der Waals surface area (Å²) in [5.74, 6) is 0.604. The summed E-state index contributed by atoms with van der Waals surface area (Å²) in [4.78, 5) is 16.3. The van der Waals surface area contributed by atoms with Crippen molar-refractivity contribution in [3.8, 4) is 0 Å². The summed E-state index contributed by atoms with van der Waals surface area (Å²) in [6.07, 6.45) is 1.13. The largest absolute Gasteiger partial charge is 0.378 e. The van der Waals surface area contributed by atoms with E-state index in [4.69, 9.17) is 4.74 Å². The lowest BCUT2D eigenvalue weighted by atomic mass is 9.99. The minimum Gasteiger partial charge on any atom is -0.378 e. The van der Waals surface area contributed by atoms with Gasteiger partial charge in [-0.15, -0.1) is 0 Å². The predicted octanol–water partition coefficient (Wildman–Crippen LogP) is 0.757. The maximum absolute atomic E-state index is 12.3. The number of nitrogens with one attached hydrogen (secondary N) is 1. The van der Waals surface area contributed by atoms with Crippen LogP contribution in [0, 0.1) is 5.92 Å². The van der Waals surface area contributed by atoms with Gasteiger partial charge < -0.3 is 14.5 Å². The number of carbonyl (C=O) groups excluding carboxylic acids is 1. The molecule has 0 aromatic rings. The lowest BCUT2D eigenvalue weighted by Gasteiger charge is -2.21. The molecule has 0 spiro atoms. The summed E-state index contributed by atoms with van der Waals surface area (Å²) in [6, 6.07) is -0.0261. The van der Waals surface area contributed by atoms with Crippen LogP contribution in [0.1, 0.15) is 27.2 Å². The minimum atomic E-state index is -0.0261. The van der Waals surface area contributed by atoms with Gasteiger partial charge in [-0.2, -0.15) is 0 Å². The van der Waals surface area contributed by atoms with E-state index in [9.17, 15) is 4.79 Å². The van der Waals surface area contributed by atoms with Crippen molar-refractivity contribution in [1.29, 1.82) is 0 Å². The van der Waals surface area contributed by atoms with Crippen LogP contribution in [-0.4, -0.2) is 68.3 Å². The quantitative estimate of drug-likeness (QED) is 0.662. The van der Waals surface area contributed by atoms with Crippen molar-refractivity contribution in [2.24, 2.45) is 5.92 Å². The second-order valence-corrected chi connectivity index (χ2v) is 5.65. The van der Waals surface area contributed by atoms with Gasteiger partial charge in [0.1, 0.15) is 0 Å². The number of likely N-dealkylation sites (N-methyl/N-ethyl adjacent to an activating group) is 1. The minimum absolute atomic E-state index is 0.0261. The molecule has 0 saturated carbocycles. The molecule has 3 unspecified atom stereocenters. The molecular formula is C14H29N3O2. The molecule has 1 N–H and O–H groups in total. The highest BCUT2D eigenvalue weighted by atomic mass is 16.5. The van der Waals surface area contributed by atoms with E-state index in [0.29, 0.717) is 25.7 Å². The van der Waals surface area contributed by atoms with Gasteiger partial charge in [-0.3, -0.25) is 10.1 Å². The molecule has 1 saturated heterocycles. The fourth-order valence-electron chi connectivity index (χ4n) is 2.25. The molecular weight excluding hydrogens is 242 g/mol. The Balaban J connectivity index is 2.32. The van der Waals surface area contributed by atoms with Crippen LogP contribution < -0.4 is 5.32 Å². The lowest BCUT2D eigenvalue weighted by molar-refractivity contribution is -0.131. The number of hydrogen-bond acceptors (Lipinski definition) is 4. The highest BCUT2D eigenvalue weighted by Gasteiger charge is 2.38. The molecule has 112 valence electrons. The molecule has 5 nitrogen and oxygen atoms in total. The second kappa shape index (κ2) is 7.82. The van der Waals surface area contributed by atoms with E-state index in [1.165, 1.54) is 0 Å². The molecule has 5 heteroatoms. The van der Waals surface area contributed by atoms with Crippen LogP contribution in [0.4, 0.5) is 0 Å². The second-order valence-electron chi connectivity index (χ2n) is 5.65. The van der Waals surface area contributed by atoms with Gasteiger partial charge in [-0.25, -0.2) is 0 Å². The first-order valence-corrected chi connectivity index (χ1v) is 7.26. The first kappa shape index (κ1) is 16.4. The van der Waals surface area contributed by atoms with Gasteiger partial charge in [0.05, 0.1) is 25.4 Å². The summed E-state index contributed by atoms with van der Waals surface area (Å²) < 4.78 is 5.56. The maximum atomic E-state index is 12.3. The van der Waals surface area contributed by atoms with E-state index < -0.39 is 0 Å². The smallest absolute Gasteiger partial charge is 0.241 e. The van der Waals surface area contributed by atoms with E-state index >= 15 is 0 Å². The van der Waals surface area contributed by atoms with E-state index in [1.54, 1.807) is 0 Å². The van der Waals surface area contributed by atoms with Crippen molar-refractivity contribution < 1.29 is 9.53 Å². The number of rotatable bonds is 8. The zero-order valence-corrected chi connectivity index (χ0v) is 13.0. The van der Waals surface area contributed by atoms with Gasteiger partial charge in [0.2, 0.25) is 5.91 Å². The maximum Gasteiger partial charge on any atom is 0.241 e. The molecule has 1 aliphatic rings. The molecule has 1 heterocycles. The molecule has 0 aliphatic carbocycles. The normalized spacial score (nSPS) is 25.4. The van der Waals surface area contributed by atoms with Gasteiger partial charge >= 0.3 is 0 Å². The van der Waals surface area contributed by atoms with Gasteiger partial charge in [0.15, 0.2) is 0 Å². The van der Waals surface area contributed by atoms with Crippen LogP contribution in [0.25, 0.3) is 0 Å². The Labute approximate surface area is 117 Å². The van der Waals surface area contributed by atoms with Crippen molar-refractivity contribution >= 4 is 5.91 Å². The SMILES string of the molecule is CCC(C)C1NC(C)N(CCOCCN(C)C)C1=O. The van der Waals surface area contributed by atoms with Gasteiger partial charge in [-0.1, -0.05) is 20.3 Å². The van der Waals surface area contributed by atoms with Crippen molar-refractivity contribution in [1.82, 2.24) is 15.1 Å². The Bertz CT molecular complexity index is 284. The van der Waals surface area contributed by atoms with Crippen LogP contribution in [0.15, 0.2) is 0 Å². The molecule has 3 atom stereocenters. The molecule has 1 rings (SSSR count). The molecule has 0 aromatic carbocycles. The van der Waals surface area contributed by atoms with Crippen LogP contribution in [-0.2, 0) is 9.53 Å². The van der Waals surface area contributed by atoms with Crippen LogP contribution in [0.2, 0.25) is 0 Å². The summed E-state index contributed by atoms with van der Waals surface area (Å²) in [7, 11) is 4.05. The summed E-state index contributed by atoms with van der Waals surface area (Å²) in [6.45, 7) is 9.20. The number of amides is 1. The number of ether oxygens (including phenoxy) is 1. The summed E-state index contributed by atoms with van der Waals surface area (Å²) in [5.41, 5.74) is 0. The summed E-state index contributed by atoms with van der Waals surface area (Å²) in [5, 5.41) is 3.38. The molecule has 1 fully saturated rings. The lowest BCUT2D eigenvalue weighted by Crippen LogP contribution is -2.37. The van der Waals surface area contributed by atoms with E-state index in [0.717, 1.165) is 13.0 Å². The first-order chi connectivity index (χ1) is 8.97. The Morgan fingerprint density at radius 3 is 2.68 bits per heavy atom. The van der Waals surface area contributed by atoms with Crippen molar-refractivity contribution in [2.45, 2.75) is 39.4 Å². The fourth-order valence-corrected chi connectivity index (χ4v) is 2.25. The summed E-state index contributed by atoms with van der Waals surface area (Å²) >= 11 is 0. The molecule has 0 radical (unpaired) electrons. The molecule has 1 amide bonds. The number of nitrogens with zero attached hydrogens (tertiary/aromatic N) is 2. The van der Waals surface area contributed by atoms with Crippen molar-refractivity contribution in [2.75, 3.05) is 40.4 Å². The van der Waals surface area contributed by atoms with Crippen molar-refractivity contribution in [3.63, 3.8) is 0 Å². The molecule has 0 aromatic heterocycles. The van der Waals surface area contributed by atoms with Gasteiger partial charge in [-0.05, 0) is 26.9 Å². The third-order valence-electron chi connectivity index (χ3n) is 3.81. The van der Waals surface area contributed by atoms with Gasteiger partial charge in [0, 0.05) is 13.1 Å². The molecule has 19 heavy (non-hydrogen) atoms. The first-order valence-electron chi connectivity index (χ1n) is 7.26. The average Bonchev–Trinajstić information content (AvgIpc) is 2.64. The Hall–Kier alpha value is -0.650. The third kappa shape index (κ3) is 4.75. The van der Waals surface area contributed by atoms with E-state index in [-0.39, 0.29) is 18.1 Å². The topological polar surface area (TPSA) is 44.8 Å². The predicted molar refractivity (Wildman–Crippen MR) is 76.9 cm³/mol. The third-order valence-corrected chi connectivity index (χ3v) is 3.81.